The molecule has 0 spiro atoms. The molecule has 2 aromatic rings. The highest BCUT2D eigenvalue weighted by molar-refractivity contribution is 5.90. The molecule has 1 amide bonds. The number of aromatic nitrogens is 3. The molecule has 0 radical (unpaired) electrons. The third-order valence-electron chi connectivity index (χ3n) is 2.48. The molecule has 7 heteroatoms. The van der Waals surface area contributed by atoms with Crippen LogP contribution < -0.4 is 5.32 Å². The summed E-state index contributed by atoms with van der Waals surface area (Å²) in [6.45, 7) is -0.0636. The fourth-order valence-electron chi connectivity index (χ4n) is 1.57. The lowest BCUT2D eigenvalue weighted by molar-refractivity contribution is -0.116. The maximum atomic E-state index is 13.5. The standard InChI is InChI=1S/C14H13FN4O2/c15-13-5-4-12(7-11(13)3-1-2-6-20)18-14(21)8-19-10-16-9-17-19/h4-5,7,9-10,20H,2,6,8H2,(H,18,21). The second-order valence-electron chi connectivity index (χ2n) is 4.11. The van der Waals surface area contributed by atoms with Crippen LogP contribution in [0.1, 0.15) is 12.0 Å². The smallest absolute Gasteiger partial charge is 0.246 e. The summed E-state index contributed by atoms with van der Waals surface area (Å²) in [4.78, 5) is 15.5. The van der Waals surface area contributed by atoms with Gasteiger partial charge >= 0.3 is 0 Å². The summed E-state index contributed by atoms with van der Waals surface area (Å²) in [6.07, 6.45) is 3.03. The Morgan fingerprint density at radius 2 is 2.33 bits per heavy atom. The van der Waals surface area contributed by atoms with Crippen molar-refractivity contribution in [2.75, 3.05) is 11.9 Å². The van der Waals surface area contributed by atoms with Gasteiger partial charge < -0.3 is 10.4 Å². The summed E-state index contributed by atoms with van der Waals surface area (Å²) in [7, 11) is 0. The van der Waals surface area contributed by atoms with Crippen molar-refractivity contribution in [3.63, 3.8) is 0 Å². The minimum absolute atomic E-state index is 0.0168. The third kappa shape index (κ3) is 4.40. The summed E-state index contributed by atoms with van der Waals surface area (Å²) in [5, 5.41) is 15.1. The van der Waals surface area contributed by atoms with E-state index in [2.05, 4.69) is 27.2 Å². The Hall–Kier alpha value is -2.72. The van der Waals surface area contributed by atoms with E-state index >= 15 is 0 Å². The van der Waals surface area contributed by atoms with Crippen molar-refractivity contribution in [1.29, 1.82) is 0 Å². The monoisotopic (exact) mass is 288 g/mol. The number of hydrogen-bond acceptors (Lipinski definition) is 4. The van der Waals surface area contributed by atoms with Crippen LogP contribution >= 0.6 is 0 Å². The minimum atomic E-state index is -0.477. The van der Waals surface area contributed by atoms with Crippen molar-refractivity contribution in [3.05, 3.63) is 42.2 Å². The molecule has 0 atom stereocenters. The van der Waals surface area contributed by atoms with E-state index in [9.17, 15) is 9.18 Å². The molecule has 0 aliphatic carbocycles. The first-order chi connectivity index (χ1) is 10.2. The highest BCUT2D eigenvalue weighted by atomic mass is 19.1. The Morgan fingerprint density at radius 3 is 3.05 bits per heavy atom. The zero-order chi connectivity index (χ0) is 15.1. The number of benzene rings is 1. The molecule has 108 valence electrons. The molecule has 0 unspecified atom stereocenters. The second-order valence-corrected chi connectivity index (χ2v) is 4.11. The van der Waals surface area contributed by atoms with Gasteiger partial charge in [0.05, 0.1) is 12.2 Å². The zero-order valence-corrected chi connectivity index (χ0v) is 11.1. The maximum absolute atomic E-state index is 13.5. The molecule has 0 saturated heterocycles. The van der Waals surface area contributed by atoms with Crippen LogP contribution in [0.3, 0.4) is 0 Å². The van der Waals surface area contributed by atoms with Crippen LogP contribution in [0.15, 0.2) is 30.9 Å². The Balaban J connectivity index is 2.05. The molecule has 0 aliphatic heterocycles. The molecule has 0 saturated carbocycles. The Morgan fingerprint density at radius 1 is 1.48 bits per heavy atom. The van der Waals surface area contributed by atoms with Crippen LogP contribution in [-0.2, 0) is 11.3 Å². The fraction of sp³-hybridized carbons (Fsp3) is 0.214. The van der Waals surface area contributed by atoms with Gasteiger partial charge in [0.2, 0.25) is 5.91 Å². The van der Waals surface area contributed by atoms with Crippen molar-refractivity contribution in [2.45, 2.75) is 13.0 Å². The number of anilines is 1. The number of aliphatic hydroxyl groups is 1. The van der Waals surface area contributed by atoms with Crippen LogP contribution in [0.4, 0.5) is 10.1 Å². The van der Waals surface area contributed by atoms with Gasteiger partial charge in [0.1, 0.15) is 25.0 Å². The van der Waals surface area contributed by atoms with Crippen LogP contribution in [0.5, 0.6) is 0 Å². The molecule has 0 aliphatic rings. The molecule has 1 aromatic carbocycles. The lowest BCUT2D eigenvalue weighted by atomic mass is 10.2. The average Bonchev–Trinajstić information content (AvgIpc) is 2.95. The van der Waals surface area contributed by atoms with E-state index in [0.29, 0.717) is 5.69 Å². The van der Waals surface area contributed by atoms with Gasteiger partial charge in [-0.25, -0.2) is 14.1 Å². The first-order valence-corrected chi connectivity index (χ1v) is 6.20. The zero-order valence-electron chi connectivity index (χ0n) is 11.1. The quantitative estimate of drug-likeness (QED) is 0.815. The highest BCUT2D eigenvalue weighted by Crippen LogP contribution is 2.14. The van der Waals surface area contributed by atoms with E-state index in [1.165, 1.54) is 35.5 Å². The lowest BCUT2D eigenvalue weighted by Crippen LogP contribution is -2.19. The van der Waals surface area contributed by atoms with Gasteiger partial charge in [0.15, 0.2) is 0 Å². The molecule has 6 nitrogen and oxygen atoms in total. The van der Waals surface area contributed by atoms with Crippen molar-refractivity contribution < 1.29 is 14.3 Å². The van der Waals surface area contributed by atoms with Gasteiger partial charge in [0, 0.05) is 12.1 Å². The Kier molecular flexibility index (Phi) is 5.01. The molecular formula is C14H13FN4O2. The van der Waals surface area contributed by atoms with Gasteiger partial charge in [-0.1, -0.05) is 11.8 Å². The summed E-state index contributed by atoms with van der Waals surface area (Å²) >= 11 is 0. The van der Waals surface area contributed by atoms with Gasteiger partial charge in [0.25, 0.3) is 0 Å². The number of rotatable bonds is 4. The van der Waals surface area contributed by atoms with Crippen molar-refractivity contribution in [3.8, 4) is 11.8 Å². The minimum Gasteiger partial charge on any atom is -0.395 e. The molecule has 2 N–H and O–H groups in total. The van der Waals surface area contributed by atoms with Gasteiger partial charge in [-0.05, 0) is 18.2 Å². The number of halogens is 1. The molecule has 0 bridgehead atoms. The van der Waals surface area contributed by atoms with E-state index in [-0.39, 0.29) is 31.0 Å². The largest absolute Gasteiger partial charge is 0.395 e. The number of aliphatic hydroxyl groups excluding tert-OH is 1. The van der Waals surface area contributed by atoms with E-state index in [1.807, 2.05) is 0 Å². The third-order valence-corrected chi connectivity index (χ3v) is 2.48. The predicted octanol–water partition coefficient (Wildman–Crippen LogP) is 0.790. The average molecular weight is 288 g/mol. The highest BCUT2D eigenvalue weighted by Gasteiger charge is 2.06. The van der Waals surface area contributed by atoms with E-state index in [1.54, 1.807) is 0 Å². The van der Waals surface area contributed by atoms with Crippen LogP contribution in [0, 0.1) is 17.7 Å². The summed E-state index contributed by atoms with van der Waals surface area (Å²) in [5.74, 6) is 4.46. The van der Waals surface area contributed by atoms with Gasteiger partial charge in [-0.2, -0.15) is 5.10 Å². The van der Waals surface area contributed by atoms with Crippen LogP contribution in [-0.4, -0.2) is 32.4 Å². The first kappa shape index (κ1) is 14.7. The van der Waals surface area contributed by atoms with E-state index < -0.39 is 5.82 Å². The molecule has 21 heavy (non-hydrogen) atoms. The SMILES string of the molecule is O=C(Cn1cncn1)Nc1ccc(F)c(C#CCCO)c1. The Labute approximate surface area is 120 Å². The maximum Gasteiger partial charge on any atom is 0.246 e. The number of nitrogens with one attached hydrogen (secondary N) is 1. The molecule has 0 fully saturated rings. The van der Waals surface area contributed by atoms with Gasteiger partial charge in [-0.15, -0.1) is 0 Å². The molecular weight excluding hydrogens is 275 g/mol. The van der Waals surface area contributed by atoms with Crippen molar-refractivity contribution >= 4 is 11.6 Å². The number of nitrogens with zero attached hydrogens (tertiary/aromatic N) is 3. The first-order valence-electron chi connectivity index (χ1n) is 6.20. The number of amides is 1. The lowest BCUT2D eigenvalue weighted by Gasteiger charge is -2.06. The molecule has 1 aromatic heterocycles. The Bertz CT molecular complexity index is 674. The second kappa shape index (κ2) is 7.17. The predicted molar refractivity (Wildman–Crippen MR) is 73.6 cm³/mol. The van der Waals surface area contributed by atoms with E-state index in [0.717, 1.165) is 0 Å². The molecule has 2 rings (SSSR count). The summed E-state index contributed by atoms with van der Waals surface area (Å²) < 4.78 is 14.9. The van der Waals surface area contributed by atoms with Crippen molar-refractivity contribution in [1.82, 2.24) is 14.8 Å². The fourth-order valence-corrected chi connectivity index (χ4v) is 1.57. The summed E-state index contributed by atoms with van der Waals surface area (Å²) in [5.41, 5.74) is 0.608. The topological polar surface area (TPSA) is 80.0 Å². The number of carbonyl (C=O) groups excluding carboxylic acids is 1. The van der Waals surface area contributed by atoms with Gasteiger partial charge in [-0.3, -0.25) is 4.79 Å². The van der Waals surface area contributed by atoms with Crippen LogP contribution in [0.25, 0.3) is 0 Å². The van der Waals surface area contributed by atoms with Crippen LogP contribution in [0.2, 0.25) is 0 Å². The number of hydrogen-bond donors (Lipinski definition) is 2. The van der Waals surface area contributed by atoms with Crippen molar-refractivity contribution in [2.24, 2.45) is 0 Å². The molecule has 1 heterocycles. The van der Waals surface area contributed by atoms with E-state index in [4.69, 9.17) is 5.11 Å². The number of carbonyl (C=O) groups is 1. The normalized spacial score (nSPS) is 9.81. The summed E-state index contributed by atoms with van der Waals surface area (Å²) in [6, 6.07) is 4.12.